The van der Waals surface area contributed by atoms with Crippen LogP contribution in [0.4, 0.5) is 0 Å². The first-order valence-electron chi connectivity index (χ1n) is 8.74. The molecule has 1 atom stereocenters. The summed E-state index contributed by atoms with van der Waals surface area (Å²) >= 11 is 0. The molecule has 1 aliphatic heterocycles. The molecule has 5 nitrogen and oxygen atoms in total. The second kappa shape index (κ2) is 7.03. The van der Waals surface area contributed by atoms with Crippen LogP contribution in [0.3, 0.4) is 0 Å². The summed E-state index contributed by atoms with van der Waals surface area (Å²) in [6.45, 7) is 0.195. The third kappa shape index (κ3) is 3.19. The zero-order valence-electron chi connectivity index (χ0n) is 14.9. The van der Waals surface area contributed by atoms with Crippen molar-refractivity contribution in [3.8, 4) is 0 Å². The van der Waals surface area contributed by atoms with Crippen LogP contribution in [0.2, 0.25) is 0 Å². The van der Waals surface area contributed by atoms with Crippen LogP contribution in [-0.2, 0) is 17.4 Å². The number of hydrogen-bond donors (Lipinski definition) is 0. The second-order valence-electron chi connectivity index (χ2n) is 6.37. The number of hydrogen-bond acceptors (Lipinski definition) is 4. The Kier molecular flexibility index (Phi) is 4.42. The molecule has 2 heterocycles. The van der Waals surface area contributed by atoms with E-state index in [9.17, 15) is 4.79 Å². The molecule has 0 saturated carbocycles. The van der Waals surface area contributed by atoms with Gasteiger partial charge in [-0.15, -0.1) is 0 Å². The minimum atomic E-state index is -1.20. The Labute approximate surface area is 157 Å². The van der Waals surface area contributed by atoms with Gasteiger partial charge in [0.1, 0.15) is 5.49 Å². The first-order valence-corrected chi connectivity index (χ1v) is 8.74. The van der Waals surface area contributed by atoms with Gasteiger partial charge < -0.3 is 9.30 Å². The van der Waals surface area contributed by atoms with Gasteiger partial charge in [0, 0.05) is 24.4 Å². The van der Waals surface area contributed by atoms with Gasteiger partial charge in [0.05, 0.1) is 6.54 Å². The monoisotopic (exact) mass is 357 g/mol. The lowest BCUT2D eigenvalue weighted by Gasteiger charge is -2.26. The van der Waals surface area contributed by atoms with Crippen molar-refractivity contribution in [3.05, 3.63) is 102 Å². The number of amidine groups is 1. The fraction of sp³-hybridized carbons (Fsp3) is 0.136. The molecule has 5 heteroatoms. The topological polar surface area (TPSA) is 56.0 Å². The summed E-state index contributed by atoms with van der Waals surface area (Å²) in [5, 5.41) is 0. The summed E-state index contributed by atoms with van der Waals surface area (Å²) in [7, 11) is 1.90. The average Bonchev–Trinajstić information content (AvgIpc) is 3.15. The van der Waals surface area contributed by atoms with Gasteiger partial charge in [-0.05, 0) is 12.1 Å². The first kappa shape index (κ1) is 17.0. The number of aromatic nitrogens is 1. The molecule has 0 fully saturated rings. The maximum atomic E-state index is 13.4. The fourth-order valence-electron chi connectivity index (χ4n) is 3.12. The molecule has 0 spiro atoms. The van der Waals surface area contributed by atoms with Crippen LogP contribution in [0.15, 0.2) is 95.0 Å². The number of ether oxygens (including phenoxy) is 1. The molecule has 0 amide bonds. The maximum absolute atomic E-state index is 13.4. The third-order valence-corrected chi connectivity index (χ3v) is 4.58. The fourth-order valence-corrected chi connectivity index (χ4v) is 3.12. The molecular formula is C22H19N3O2. The number of aliphatic imine (C=N–C) groups is 1. The van der Waals surface area contributed by atoms with Crippen molar-refractivity contribution >= 4 is 11.8 Å². The van der Waals surface area contributed by atoms with Crippen molar-refractivity contribution in [1.82, 2.24) is 4.57 Å². The number of carbonyl (C=O) groups excluding carboxylic acids is 1. The van der Waals surface area contributed by atoms with Gasteiger partial charge in [0.15, 0.2) is 0 Å². The van der Waals surface area contributed by atoms with E-state index in [0.29, 0.717) is 11.1 Å². The molecule has 134 valence electrons. The lowest BCUT2D eigenvalue weighted by Crippen LogP contribution is -2.39. The molecule has 1 unspecified atom stereocenters. The van der Waals surface area contributed by atoms with E-state index >= 15 is 0 Å². The molecule has 1 aliphatic rings. The molecular weight excluding hydrogens is 338 g/mol. The van der Waals surface area contributed by atoms with E-state index < -0.39 is 5.60 Å². The van der Waals surface area contributed by atoms with Gasteiger partial charge in [-0.25, -0.2) is 4.99 Å². The lowest BCUT2D eigenvalue weighted by molar-refractivity contribution is 0.0495. The van der Waals surface area contributed by atoms with Crippen LogP contribution < -0.4 is 5.49 Å². The van der Waals surface area contributed by atoms with Crippen LogP contribution >= 0.6 is 0 Å². The van der Waals surface area contributed by atoms with Crippen molar-refractivity contribution in [2.45, 2.75) is 5.60 Å². The van der Waals surface area contributed by atoms with E-state index in [-0.39, 0.29) is 18.3 Å². The van der Waals surface area contributed by atoms with Crippen LogP contribution in [0.25, 0.3) is 0 Å². The number of carbonyl (C=O) groups is 1. The summed E-state index contributed by atoms with van der Waals surface area (Å²) in [5.74, 6) is -0.124. The quantitative estimate of drug-likeness (QED) is 0.677. The molecule has 2 aromatic carbocycles. The standard InChI is InChI=1S/C22H19N3O2/c1-25-15-9-8-14-19(25)24-21-23-16-22(27-21,18-12-6-3-7-13-18)20(26)17-10-4-2-5-11-17/h2-15H,16H2,1H3/b24-19+. The minimum Gasteiger partial charge on any atom is -0.442 e. The first-order chi connectivity index (χ1) is 13.2. The number of rotatable bonds is 3. The third-order valence-electron chi connectivity index (χ3n) is 4.58. The predicted molar refractivity (Wildman–Crippen MR) is 103 cm³/mol. The van der Waals surface area contributed by atoms with E-state index in [1.54, 1.807) is 12.1 Å². The van der Waals surface area contributed by atoms with Crippen LogP contribution in [-0.4, -0.2) is 22.9 Å². The molecule has 0 bridgehead atoms. The maximum Gasteiger partial charge on any atom is 0.315 e. The minimum absolute atomic E-state index is 0.124. The van der Waals surface area contributed by atoms with Gasteiger partial charge in [-0.1, -0.05) is 66.7 Å². The molecule has 3 aromatic rings. The highest BCUT2D eigenvalue weighted by Crippen LogP contribution is 2.34. The highest BCUT2D eigenvalue weighted by atomic mass is 16.5. The average molecular weight is 357 g/mol. The smallest absolute Gasteiger partial charge is 0.315 e. The van der Waals surface area contributed by atoms with Crippen molar-refractivity contribution < 1.29 is 9.53 Å². The van der Waals surface area contributed by atoms with E-state index in [4.69, 9.17) is 4.74 Å². The van der Waals surface area contributed by atoms with Crippen molar-refractivity contribution in [2.24, 2.45) is 17.0 Å². The predicted octanol–water partition coefficient (Wildman–Crippen LogP) is 3.09. The highest BCUT2D eigenvalue weighted by molar-refractivity contribution is 6.05. The summed E-state index contributed by atoms with van der Waals surface area (Å²) in [4.78, 5) is 22.3. The summed E-state index contributed by atoms with van der Waals surface area (Å²) in [6, 6.07) is 24.5. The van der Waals surface area contributed by atoms with E-state index in [0.717, 1.165) is 5.56 Å². The highest BCUT2D eigenvalue weighted by Gasteiger charge is 2.47. The van der Waals surface area contributed by atoms with E-state index in [1.807, 2.05) is 84.5 Å². The lowest BCUT2D eigenvalue weighted by atomic mass is 9.86. The largest absolute Gasteiger partial charge is 0.442 e. The second-order valence-corrected chi connectivity index (χ2v) is 6.37. The van der Waals surface area contributed by atoms with Crippen LogP contribution in [0, 0.1) is 0 Å². The Morgan fingerprint density at radius 3 is 2.37 bits per heavy atom. The molecule has 1 aromatic heterocycles. The number of pyridine rings is 1. The Balaban J connectivity index is 1.76. The van der Waals surface area contributed by atoms with Crippen LogP contribution in [0.5, 0.6) is 0 Å². The number of aryl methyl sites for hydroxylation is 1. The van der Waals surface area contributed by atoms with Crippen molar-refractivity contribution in [3.63, 3.8) is 0 Å². The molecule has 0 aliphatic carbocycles. The van der Waals surface area contributed by atoms with Gasteiger partial charge in [0.25, 0.3) is 0 Å². The van der Waals surface area contributed by atoms with Gasteiger partial charge in [-0.2, -0.15) is 4.99 Å². The molecule has 0 radical (unpaired) electrons. The van der Waals surface area contributed by atoms with E-state index in [1.165, 1.54) is 0 Å². The summed E-state index contributed by atoms with van der Waals surface area (Å²) < 4.78 is 8.00. The number of benzene rings is 2. The molecule has 27 heavy (non-hydrogen) atoms. The van der Waals surface area contributed by atoms with E-state index in [2.05, 4.69) is 9.98 Å². The Bertz CT molecular complexity index is 1060. The summed E-state index contributed by atoms with van der Waals surface area (Å²) in [6.07, 6.45) is 1.90. The van der Waals surface area contributed by atoms with Gasteiger partial charge in [-0.3, -0.25) is 4.79 Å². The number of ketones is 1. The zero-order valence-corrected chi connectivity index (χ0v) is 14.9. The molecule has 0 saturated heterocycles. The molecule has 0 N–H and O–H groups in total. The number of nitrogens with zero attached hydrogens (tertiary/aromatic N) is 3. The van der Waals surface area contributed by atoms with Gasteiger partial charge >= 0.3 is 6.02 Å². The van der Waals surface area contributed by atoms with Crippen molar-refractivity contribution in [1.29, 1.82) is 0 Å². The SMILES string of the molecule is Cn1cccc/c1=N\C1=NCC(C(=O)c2ccccc2)(c2ccccc2)O1. The van der Waals surface area contributed by atoms with Crippen molar-refractivity contribution in [2.75, 3.05) is 6.54 Å². The summed E-state index contributed by atoms with van der Waals surface area (Å²) in [5.41, 5.74) is 0.856. The Hall–Kier alpha value is -3.47. The zero-order chi connectivity index (χ0) is 18.7. The Morgan fingerprint density at radius 2 is 1.67 bits per heavy atom. The molecule has 4 rings (SSSR count). The normalized spacial score (nSPS) is 19.4. The van der Waals surface area contributed by atoms with Gasteiger partial charge in [0.2, 0.25) is 11.4 Å². The number of Topliss-reactive ketones (excluding diaryl/α,β-unsaturated/α-hetero) is 1. The van der Waals surface area contributed by atoms with Crippen LogP contribution in [0.1, 0.15) is 15.9 Å². The Morgan fingerprint density at radius 1 is 1.00 bits per heavy atom.